The number of hydrogen-bond donors (Lipinski definition) is 0. The van der Waals surface area contributed by atoms with Crippen molar-refractivity contribution in [2.45, 2.75) is 18.9 Å². The number of carbonyl (C=O) groups excluding carboxylic acids is 1. The third kappa shape index (κ3) is 2.12. The average molecular weight is 288 g/mol. The maximum atomic E-state index is 13.2. The van der Waals surface area contributed by atoms with Gasteiger partial charge in [0.15, 0.2) is 0 Å². The van der Waals surface area contributed by atoms with Crippen LogP contribution in [0.5, 0.6) is 0 Å². The van der Waals surface area contributed by atoms with E-state index in [4.69, 9.17) is 4.42 Å². The molecule has 2 saturated heterocycles. The lowest BCUT2D eigenvalue weighted by molar-refractivity contribution is 0.0572. The van der Waals surface area contributed by atoms with Crippen molar-refractivity contribution in [2.75, 3.05) is 26.2 Å². The number of halogens is 1. The summed E-state index contributed by atoms with van der Waals surface area (Å²) < 4.78 is 18.5. The lowest BCUT2D eigenvalue weighted by atomic mass is 10.1. The summed E-state index contributed by atoms with van der Waals surface area (Å²) in [5.41, 5.74) is 0.967. The molecule has 0 aliphatic carbocycles. The molecule has 0 bridgehead atoms. The summed E-state index contributed by atoms with van der Waals surface area (Å²) in [4.78, 5) is 17.1. The van der Waals surface area contributed by atoms with Gasteiger partial charge < -0.3 is 9.32 Å². The van der Waals surface area contributed by atoms with Gasteiger partial charge in [0.25, 0.3) is 5.91 Å². The highest BCUT2D eigenvalue weighted by Crippen LogP contribution is 2.26. The van der Waals surface area contributed by atoms with Crippen LogP contribution in [0.25, 0.3) is 11.0 Å². The van der Waals surface area contributed by atoms with Crippen LogP contribution >= 0.6 is 0 Å². The molecule has 1 atom stereocenters. The van der Waals surface area contributed by atoms with E-state index in [1.165, 1.54) is 31.2 Å². The molecule has 2 aliphatic rings. The molecule has 0 spiro atoms. The third-order valence-corrected chi connectivity index (χ3v) is 4.64. The molecule has 5 heteroatoms. The summed E-state index contributed by atoms with van der Waals surface area (Å²) in [6.07, 6.45) is 3.84. The van der Waals surface area contributed by atoms with Crippen molar-refractivity contribution in [1.29, 1.82) is 0 Å². The van der Waals surface area contributed by atoms with Crippen LogP contribution < -0.4 is 0 Å². The van der Waals surface area contributed by atoms with Gasteiger partial charge in [-0.15, -0.1) is 0 Å². The normalized spacial score (nSPS) is 22.7. The first-order valence-corrected chi connectivity index (χ1v) is 7.42. The van der Waals surface area contributed by atoms with Crippen molar-refractivity contribution in [3.8, 4) is 0 Å². The Morgan fingerprint density at radius 2 is 2.19 bits per heavy atom. The molecule has 0 saturated carbocycles. The number of piperazine rings is 1. The Bertz CT molecular complexity index is 697. The maximum Gasteiger partial charge on any atom is 0.257 e. The summed E-state index contributed by atoms with van der Waals surface area (Å²) in [7, 11) is 0. The van der Waals surface area contributed by atoms with E-state index >= 15 is 0 Å². The Balaban J connectivity index is 1.61. The smallest absolute Gasteiger partial charge is 0.257 e. The minimum atomic E-state index is -0.351. The van der Waals surface area contributed by atoms with Gasteiger partial charge in [0.1, 0.15) is 17.7 Å². The first kappa shape index (κ1) is 12.8. The molecule has 21 heavy (non-hydrogen) atoms. The number of hydrogen-bond acceptors (Lipinski definition) is 3. The molecule has 110 valence electrons. The zero-order valence-electron chi connectivity index (χ0n) is 11.7. The first-order chi connectivity index (χ1) is 10.2. The van der Waals surface area contributed by atoms with E-state index in [0.717, 1.165) is 26.2 Å². The van der Waals surface area contributed by atoms with Crippen LogP contribution in [0.4, 0.5) is 4.39 Å². The summed E-state index contributed by atoms with van der Waals surface area (Å²) in [5.74, 6) is -0.359. The number of benzene rings is 1. The van der Waals surface area contributed by atoms with Crippen LogP contribution in [0.15, 0.2) is 28.9 Å². The minimum Gasteiger partial charge on any atom is -0.463 e. The van der Waals surface area contributed by atoms with Crippen LogP contribution in [-0.4, -0.2) is 47.9 Å². The number of furan rings is 1. The molecule has 4 nitrogen and oxygen atoms in total. The van der Waals surface area contributed by atoms with Gasteiger partial charge >= 0.3 is 0 Å². The number of nitrogens with zero attached hydrogens (tertiary/aromatic N) is 2. The number of carbonyl (C=O) groups is 1. The number of rotatable bonds is 1. The molecule has 4 rings (SSSR count). The highest BCUT2D eigenvalue weighted by atomic mass is 19.1. The maximum absolute atomic E-state index is 13.2. The van der Waals surface area contributed by atoms with E-state index in [2.05, 4.69) is 4.90 Å². The van der Waals surface area contributed by atoms with E-state index in [9.17, 15) is 9.18 Å². The van der Waals surface area contributed by atoms with E-state index in [-0.39, 0.29) is 11.7 Å². The molecular weight excluding hydrogens is 271 g/mol. The highest BCUT2D eigenvalue weighted by molar-refractivity contribution is 6.05. The van der Waals surface area contributed by atoms with Gasteiger partial charge in [-0.2, -0.15) is 0 Å². The van der Waals surface area contributed by atoms with Crippen molar-refractivity contribution in [1.82, 2.24) is 9.80 Å². The Hall–Kier alpha value is -1.88. The first-order valence-electron chi connectivity index (χ1n) is 7.42. The molecule has 0 radical (unpaired) electrons. The van der Waals surface area contributed by atoms with Gasteiger partial charge in [-0.05, 0) is 31.5 Å². The monoisotopic (exact) mass is 288 g/mol. The summed E-state index contributed by atoms with van der Waals surface area (Å²) in [6, 6.07) is 4.80. The van der Waals surface area contributed by atoms with Gasteiger partial charge in [-0.25, -0.2) is 4.39 Å². The minimum absolute atomic E-state index is 0.00749. The molecule has 2 aromatic rings. The van der Waals surface area contributed by atoms with E-state index in [1.54, 1.807) is 6.07 Å². The Morgan fingerprint density at radius 3 is 3.10 bits per heavy atom. The lowest BCUT2D eigenvalue weighted by Gasteiger charge is -2.37. The predicted octanol–water partition coefficient (Wildman–Crippen LogP) is 2.49. The van der Waals surface area contributed by atoms with Crippen molar-refractivity contribution in [3.05, 3.63) is 35.8 Å². The molecular formula is C16H17FN2O2. The van der Waals surface area contributed by atoms with Crippen molar-refractivity contribution in [3.63, 3.8) is 0 Å². The molecule has 1 aromatic heterocycles. The Labute approximate surface area is 122 Å². The Morgan fingerprint density at radius 1 is 1.29 bits per heavy atom. The van der Waals surface area contributed by atoms with E-state index in [1.807, 2.05) is 4.90 Å². The molecule has 1 aromatic carbocycles. The van der Waals surface area contributed by atoms with E-state index < -0.39 is 0 Å². The predicted molar refractivity (Wildman–Crippen MR) is 76.7 cm³/mol. The number of amides is 1. The lowest BCUT2D eigenvalue weighted by Crippen LogP contribution is -2.52. The van der Waals surface area contributed by atoms with Crippen LogP contribution in [0, 0.1) is 5.82 Å². The topological polar surface area (TPSA) is 36.7 Å². The summed E-state index contributed by atoms with van der Waals surface area (Å²) in [5, 5.41) is 0.690. The second-order valence-electron chi connectivity index (χ2n) is 5.87. The standard InChI is InChI=1S/C16H17FN2O2/c17-11-3-4-13-14(10-21-15(13)8-11)16(20)19-7-6-18-5-1-2-12(18)9-19/h3-4,8,10,12H,1-2,5-7,9H2. The second-order valence-corrected chi connectivity index (χ2v) is 5.87. The zero-order chi connectivity index (χ0) is 14.4. The van der Waals surface area contributed by atoms with Gasteiger partial charge in [-0.3, -0.25) is 9.69 Å². The van der Waals surface area contributed by atoms with Crippen LogP contribution in [0.1, 0.15) is 23.2 Å². The Kier molecular flexibility index (Phi) is 2.96. The molecule has 1 amide bonds. The quantitative estimate of drug-likeness (QED) is 0.809. The fourth-order valence-corrected chi connectivity index (χ4v) is 3.51. The van der Waals surface area contributed by atoms with Gasteiger partial charge in [0.2, 0.25) is 0 Å². The molecule has 2 aliphatic heterocycles. The van der Waals surface area contributed by atoms with Crippen LogP contribution in [0.3, 0.4) is 0 Å². The van der Waals surface area contributed by atoms with Crippen molar-refractivity contribution < 1.29 is 13.6 Å². The second kappa shape index (κ2) is 4.84. The third-order valence-electron chi connectivity index (χ3n) is 4.64. The largest absolute Gasteiger partial charge is 0.463 e. The van der Waals surface area contributed by atoms with Gasteiger partial charge in [0.05, 0.1) is 5.56 Å². The van der Waals surface area contributed by atoms with Crippen LogP contribution in [-0.2, 0) is 0 Å². The van der Waals surface area contributed by atoms with Gasteiger partial charge in [-0.1, -0.05) is 0 Å². The molecule has 3 heterocycles. The average Bonchev–Trinajstić information content (AvgIpc) is 3.11. The molecule has 1 unspecified atom stereocenters. The molecule has 2 fully saturated rings. The van der Waals surface area contributed by atoms with E-state index in [0.29, 0.717) is 22.6 Å². The zero-order valence-corrected chi connectivity index (χ0v) is 11.7. The highest BCUT2D eigenvalue weighted by Gasteiger charge is 2.33. The van der Waals surface area contributed by atoms with Crippen molar-refractivity contribution in [2.24, 2.45) is 0 Å². The van der Waals surface area contributed by atoms with Gasteiger partial charge in [0, 0.05) is 37.1 Å². The molecule has 0 N–H and O–H groups in total. The fraction of sp³-hybridized carbons (Fsp3) is 0.438. The number of fused-ring (bicyclic) bond motifs is 2. The van der Waals surface area contributed by atoms with Crippen LogP contribution in [0.2, 0.25) is 0 Å². The fourth-order valence-electron chi connectivity index (χ4n) is 3.51. The van der Waals surface area contributed by atoms with Crippen molar-refractivity contribution >= 4 is 16.9 Å². The summed E-state index contributed by atoms with van der Waals surface area (Å²) >= 11 is 0. The SMILES string of the molecule is O=C(c1coc2cc(F)ccc12)N1CCN2CCCC2C1. The summed E-state index contributed by atoms with van der Waals surface area (Å²) in [6.45, 7) is 3.64.